The van der Waals surface area contributed by atoms with Crippen LogP contribution in [0, 0.1) is 6.92 Å². The van der Waals surface area contributed by atoms with E-state index in [9.17, 15) is 4.79 Å². The second-order valence-electron chi connectivity index (χ2n) is 3.66. The molecule has 1 amide bonds. The monoisotopic (exact) mass is 290 g/mol. The Kier molecular flexibility index (Phi) is 3.54. The van der Waals surface area contributed by atoms with Gasteiger partial charge in [-0.15, -0.1) is 0 Å². The number of aromatic nitrogens is 1. The molecular weight excluding hydrogens is 280 g/mol. The first kappa shape index (κ1) is 11.8. The number of hydrogen-bond donors (Lipinski definition) is 1. The van der Waals surface area contributed by atoms with Gasteiger partial charge in [0.1, 0.15) is 0 Å². The lowest BCUT2D eigenvalue weighted by Crippen LogP contribution is -2.12. The Morgan fingerprint density at radius 3 is 2.88 bits per heavy atom. The average molecular weight is 291 g/mol. The van der Waals surface area contributed by atoms with Gasteiger partial charge >= 0.3 is 0 Å². The fraction of sp³-hybridized carbons (Fsp3) is 0.0769. The quantitative estimate of drug-likeness (QED) is 0.921. The molecule has 0 aliphatic heterocycles. The summed E-state index contributed by atoms with van der Waals surface area (Å²) in [5, 5.41) is 2.85. The van der Waals surface area contributed by atoms with Crippen molar-refractivity contribution in [3.63, 3.8) is 0 Å². The minimum atomic E-state index is -0.124. The zero-order valence-electron chi connectivity index (χ0n) is 9.27. The highest BCUT2D eigenvalue weighted by atomic mass is 79.9. The summed E-state index contributed by atoms with van der Waals surface area (Å²) in [4.78, 5) is 15.9. The molecule has 1 aromatic carbocycles. The van der Waals surface area contributed by atoms with Crippen LogP contribution in [0.15, 0.2) is 47.2 Å². The molecule has 0 aliphatic carbocycles. The van der Waals surface area contributed by atoms with Crippen LogP contribution in [0.4, 0.5) is 5.69 Å². The molecular formula is C13H11BrN2O. The number of carbonyl (C=O) groups is 1. The van der Waals surface area contributed by atoms with E-state index < -0.39 is 0 Å². The van der Waals surface area contributed by atoms with Gasteiger partial charge in [0.15, 0.2) is 0 Å². The number of benzene rings is 1. The van der Waals surface area contributed by atoms with E-state index >= 15 is 0 Å². The molecule has 0 saturated carbocycles. The summed E-state index contributed by atoms with van der Waals surface area (Å²) in [5.41, 5.74) is 2.34. The first-order chi connectivity index (χ1) is 8.16. The molecule has 0 atom stereocenters. The normalized spacial score (nSPS) is 10.0. The number of amides is 1. The SMILES string of the molecule is Cc1cnccc1NC(=O)c1cccc(Br)c1. The Morgan fingerprint density at radius 2 is 2.18 bits per heavy atom. The highest BCUT2D eigenvalue weighted by Crippen LogP contribution is 2.15. The number of aryl methyl sites for hydroxylation is 1. The number of hydrogen-bond acceptors (Lipinski definition) is 2. The third kappa shape index (κ3) is 2.91. The topological polar surface area (TPSA) is 42.0 Å². The van der Waals surface area contributed by atoms with Gasteiger partial charge in [-0.2, -0.15) is 0 Å². The van der Waals surface area contributed by atoms with Crippen molar-refractivity contribution in [1.29, 1.82) is 0 Å². The second-order valence-corrected chi connectivity index (χ2v) is 4.57. The number of nitrogens with one attached hydrogen (secondary N) is 1. The average Bonchev–Trinajstić information content (AvgIpc) is 2.32. The van der Waals surface area contributed by atoms with Crippen molar-refractivity contribution >= 4 is 27.5 Å². The molecule has 0 saturated heterocycles. The standard InChI is InChI=1S/C13H11BrN2O/c1-9-8-15-6-5-12(9)16-13(17)10-3-2-4-11(14)7-10/h2-8H,1H3,(H,15,16,17). The Hall–Kier alpha value is -1.68. The summed E-state index contributed by atoms with van der Waals surface area (Å²) in [6.45, 7) is 1.91. The van der Waals surface area contributed by atoms with Crippen LogP contribution in [0.2, 0.25) is 0 Å². The van der Waals surface area contributed by atoms with Crippen LogP contribution in [-0.2, 0) is 0 Å². The summed E-state index contributed by atoms with van der Waals surface area (Å²) in [6, 6.07) is 9.06. The van der Waals surface area contributed by atoms with Gasteiger partial charge in [-0.3, -0.25) is 9.78 Å². The number of anilines is 1. The van der Waals surface area contributed by atoms with E-state index in [4.69, 9.17) is 0 Å². The summed E-state index contributed by atoms with van der Waals surface area (Å²) < 4.78 is 0.886. The molecule has 0 spiro atoms. The Balaban J connectivity index is 2.20. The number of carbonyl (C=O) groups excluding carboxylic acids is 1. The molecule has 0 radical (unpaired) electrons. The third-order valence-electron chi connectivity index (χ3n) is 2.36. The summed E-state index contributed by atoms with van der Waals surface area (Å²) in [6.07, 6.45) is 3.38. The van der Waals surface area contributed by atoms with Crippen molar-refractivity contribution in [2.24, 2.45) is 0 Å². The maximum atomic E-state index is 12.0. The second kappa shape index (κ2) is 5.10. The van der Waals surface area contributed by atoms with Crippen LogP contribution < -0.4 is 5.32 Å². The molecule has 17 heavy (non-hydrogen) atoms. The van der Waals surface area contributed by atoms with Crippen LogP contribution in [0.1, 0.15) is 15.9 Å². The highest BCUT2D eigenvalue weighted by Gasteiger charge is 2.07. The van der Waals surface area contributed by atoms with Crippen molar-refractivity contribution in [3.05, 3.63) is 58.3 Å². The van der Waals surface area contributed by atoms with Crippen molar-refractivity contribution in [2.45, 2.75) is 6.92 Å². The number of halogens is 1. The van der Waals surface area contributed by atoms with E-state index in [1.54, 1.807) is 30.6 Å². The van der Waals surface area contributed by atoms with Crippen molar-refractivity contribution in [3.8, 4) is 0 Å². The summed E-state index contributed by atoms with van der Waals surface area (Å²) in [7, 11) is 0. The van der Waals surface area contributed by atoms with Crippen LogP contribution in [0.3, 0.4) is 0 Å². The first-order valence-corrected chi connectivity index (χ1v) is 5.93. The van der Waals surface area contributed by atoms with Gasteiger partial charge in [0.2, 0.25) is 0 Å². The van der Waals surface area contributed by atoms with Crippen molar-refractivity contribution in [1.82, 2.24) is 4.98 Å². The van der Waals surface area contributed by atoms with E-state index in [1.807, 2.05) is 19.1 Å². The summed E-state index contributed by atoms with van der Waals surface area (Å²) >= 11 is 3.34. The van der Waals surface area contributed by atoms with Crippen LogP contribution in [0.25, 0.3) is 0 Å². The largest absolute Gasteiger partial charge is 0.322 e. The van der Waals surface area contributed by atoms with E-state index in [-0.39, 0.29) is 5.91 Å². The molecule has 1 aromatic heterocycles. The van der Waals surface area contributed by atoms with Crippen LogP contribution >= 0.6 is 15.9 Å². The number of nitrogens with zero attached hydrogens (tertiary/aromatic N) is 1. The minimum Gasteiger partial charge on any atom is -0.322 e. The molecule has 1 N–H and O–H groups in total. The molecule has 0 fully saturated rings. The molecule has 1 heterocycles. The summed E-state index contributed by atoms with van der Waals surface area (Å²) in [5.74, 6) is -0.124. The van der Waals surface area contributed by atoms with Crippen molar-refractivity contribution < 1.29 is 4.79 Å². The molecule has 2 rings (SSSR count). The highest BCUT2D eigenvalue weighted by molar-refractivity contribution is 9.10. The lowest BCUT2D eigenvalue weighted by atomic mass is 10.2. The number of pyridine rings is 1. The maximum absolute atomic E-state index is 12.0. The maximum Gasteiger partial charge on any atom is 0.255 e. The predicted molar refractivity (Wildman–Crippen MR) is 71.1 cm³/mol. The molecule has 3 nitrogen and oxygen atoms in total. The van der Waals surface area contributed by atoms with E-state index in [0.29, 0.717) is 5.56 Å². The molecule has 2 aromatic rings. The predicted octanol–water partition coefficient (Wildman–Crippen LogP) is 3.40. The van der Waals surface area contributed by atoms with Crippen LogP contribution in [0.5, 0.6) is 0 Å². The van der Waals surface area contributed by atoms with Gasteiger partial charge in [0, 0.05) is 28.1 Å². The molecule has 0 unspecified atom stereocenters. The number of rotatable bonds is 2. The van der Waals surface area contributed by atoms with Gasteiger partial charge in [0.05, 0.1) is 0 Å². The van der Waals surface area contributed by atoms with E-state index in [1.165, 1.54) is 0 Å². The van der Waals surface area contributed by atoms with Crippen LogP contribution in [-0.4, -0.2) is 10.9 Å². The third-order valence-corrected chi connectivity index (χ3v) is 2.85. The molecule has 0 bridgehead atoms. The molecule has 4 heteroatoms. The van der Waals surface area contributed by atoms with Gasteiger partial charge in [-0.05, 0) is 36.8 Å². The fourth-order valence-corrected chi connectivity index (χ4v) is 1.84. The zero-order valence-corrected chi connectivity index (χ0v) is 10.9. The molecule has 86 valence electrons. The van der Waals surface area contributed by atoms with Gasteiger partial charge in [-0.25, -0.2) is 0 Å². The van der Waals surface area contributed by atoms with Gasteiger partial charge < -0.3 is 5.32 Å². The lowest BCUT2D eigenvalue weighted by Gasteiger charge is -2.07. The van der Waals surface area contributed by atoms with Gasteiger partial charge in [-0.1, -0.05) is 22.0 Å². The van der Waals surface area contributed by atoms with Crippen molar-refractivity contribution in [2.75, 3.05) is 5.32 Å². The Bertz CT molecular complexity index is 555. The smallest absolute Gasteiger partial charge is 0.255 e. The zero-order chi connectivity index (χ0) is 12.3. The molecule has 0 aliphatic rings. The first-order valence-electron chi connectivity index (χ1n) is 5.14. The van der Waals surface area contributed by atoms with E-state index in [0.717, 1.165) is 15.7 Å². The minimum absolute atomic E-state index is 0.124. The Labute approximate surface area is 108 Å². The fourth-order valence-electron chi connectivity index (χ4n) is 1.44. The lowest BCUT2D eigenvalue weighted by molar-refractivity contribution is 0.102. The van der Waals surface area contributed by atoms with Gasteiger partial charge in [0.25, 0.3) is 5.91 Å². The Morgan fingerprint density at radius 1 is 1.35 bits per heavy atom. The van der Waals surface area contributed by atoms with E-state index in [2.05, 4.69) is 26.2 Å².